The highest BCUT2D eigenvalue weighted by atomic mass is 32.2. The van der Waals surface area contributed by atoms with Crippen LogP contribution in [0.25, 0.3) is 0 Å². The number of anilines is 1. The highest BCUT2D eigenvalue weighted by Crippen LogP contribution is 2.16. The number of nitrogens with one attached hydrogen (secondary N) is 1. The van der Waals surface area contributed by atoms with E-state index in [1.165, 1.54) is 0 Å². The fourth-order valence-corrected chi connectivity index (χ4v) is 2.90. The molecule has 1 N–H and O–H groups in total. The molecule has 0 aliphatic carbocycles. The maximum Gasteiger partial charge on any atom is 0.252 e. The van der Waals surface area contributed by atoms with Crippen molar-refractivity contribution in [3.63, 3.8) is 0 Å². The van der Waals surface area contributed by atoms with Crippen LogP contribution >= 0.6 is 11.8 Å². The average molecular weight is 296 g/mol. The fraction of sp³-hybridized carbons (Fsp3) is 0.714. The summed E-state index contributed by atoms with van der Waals surface area (Å²) in [6.07, 6.45) is 0. The van der Waals surface area contributed by atoms with Crippen molar-refractivity contribution in [1.82, 2.24) is 14.9 Å². The molecule has 20 heavy (non-hydrogen) atoms. The van der Waals surface area contributed by atoms with Crippen LogP contribution in [0.4, 0.5) is 5.95 Å². The lowest BCUT2D eigenvalue weighted by Gasteiger charge is -2.34. The van der Waals surface area contributed by atoms with Crippen LogP contribution in [0.2, 0.25) is 0 Å². The number of nitrogens with zero attached hydrogens (tertiary/aromatic N) is 3. The van der Waals surface area contributed by atoms with Crippen LogP contribution in [0.3, 0.4) is 0 Å². The summed E-state index contributed by atoms with van der Waals surface area (Å²) in [5.74, 6) is 1.52. The second-order valence-corrected chi connectivity index (χ2v) is 6.91. The van der Waals surface area contributed by atoms with Gasteiger partial charge in [-0.3, -0.25) is 9.78 Å². The second-order valence-electron chi connectivity index (χ2n) is 5.34. The molecule has 112 valence electrons. The summed E-state index contributed by atoms with van der Waals surface area (Å²) >= 11 is 1.81. The molecule has 0 aromatic carbocycles. The van der Waals surface area contributed by atoms with Gasteiger partial charge in [0.2, 0.25) is 5.95 Å². The Balaban J connectivity index is 2.06. The van der Waals surface area contributed by atoms with E-state index >= 15 is 0 Å². The molecule has 1 aliphatic rings. The number of H-pyrrole nitrogens is 1. The van der Waals surface area contributed by atoms with Crippen LogP contribution in [0, 0.1) is 0 Å². The Labute approximate surface area is 124 Å². The van der Waals surface area contributed by atoms with E-state index in [2.05, 4.69) is 40.5 Å². The molecule has 6 heteroatoms. The SMILES string of the molecule is CCN1CCN(c2nc(CSC(C)C)cc(=O)[nH]2)CC1. The molecule has 2 heterocycles. The third-order valence-electron chi connectivity index (χ3n) is 3.47. The predicted molar refractivity (Wildman–Crippen MR) is 85.6 cm³/mol. The number of aromatic nitrogens is 2. The quantitative estimate of drug-likeness (QED) is 0.893. The summed E-state index contributed by atoms with van der Waals surface area (Å²) in [5.41, 5.74) is 0.827. The van der Waals surface area contributed by atoms with Gasteiger partial charge in [-0.1, -0.05) is 20.8 Å². The van der Waals surface area contributed by atoms with Gasteiger partial charge in [-0.2, -0.15) is 11.8 Å². The Morgan fingerprint density at radius 2 is 2.05 bits per heavy atom. The van der Waals surface area contributed by atoms with Crippen molar-refractivity contribution >= 4 is 17.7 Å². The fourth-order valence-electron chi connectivity index (χ4n) is 2.25. The lowest BCUT2D eigenvalue weighted by Crippen LogP contribution is -2.47. The maximum atomic E-state index is 11.8. The van der Waals surface area contributed by atoms with Gasteiger partial charge in [-0.25, -0.2) is 4.98 Å². The molecule has 1 aromatic heterocycles. The van der Waals surface area contributed by atoms with Crippen molar-refractivity contribution in [1.29, 1.82) is 0 Å². The molecule has 0 atom stereocenters. The van der Waals surface area contributed by atoms with E-state index in [9.17, 15) is 4.79 Å². The predicted octanol–water partition coefficient (Wildman–Crippen LogP) is 1.55. The van der Waals surface area contributed by atoms with Crippen LogP contribution in [0.1, 0.15) is 26.5 Å². The van der Waals surface area contributed by atoms with Gasteiger partial charge in [-0.05, 0) is 11.8 Å². The van der Waals surface area contributed by atoms with Crippen LogP contribution in [0.15, 0.2) is 10.9 Å². The standard InChI is InChI=1S/C14H24N4OS/c1-4-17-5-7-18(8-6-17)14-15-12(9-13(19)16-14)10-20-11(2)3/h9,11H,4-8,10H2,1-3H3,(H,15,16,19). The van der Waals surface area contributed by atoms with E-state index < -0.39 is 0 Å². The van der Waals surface area contributed by atoms with Gasteiger partial charge in [0.05, 0.1) is 5.69 Å². The van der Waals surface area contributed by atoms with E-state index in [0.29, 0.717) is 5.25 Å². The molecule has 1 fully saturated rings. The number of piperazine rings is 1. The molecule has 0 unspecified atom stereocenters. The first kappa shape index (κ1) is 15.4. The summed E-state index contributed by atoms with van der Waals surface area (Å²) in [6, 6.07) is 1.61. The molecule has 0 saturated carbocycles. The first-order valence-electron chi connectivity index (χ1n) is 7.27. The Morgan fingerprint density at radius 3 is 2.65 bits per heavy atom. The highest BCUT2D eigenvalue weighted by molar-refractivity contribution is 7.99. The molecule has 0 radical (unpaired) electrons. The van der Waals surface area contributed by atoms with E-state index in [0.717, 1.165) is 50.1 Å². The number of thioether (sulfide) groups is 1. The van der Waals surface area contributed by atoms with Crippen LogP contribution in [-0.4, -0.2) is 52.8 Å². The minimum atomic E-state index is -0.0488. The number of hydrogen-bond acceptors (Lipinski definition) is 5. The summed E-state index contributed by atoms with van der Waals surface area (Å²) in [7, 11) is 0. The average Bonchev–Trinajstić information content (AvgIpc) is 2.44. The molecule has 1 saturated heterocycles. The Morgan fingerprint density at radius 1 is 1.35 bits per heavy atom. The summed E-state index contributed by atoms with van der Waals surface area (Å²) in [6.45, 7) is 11.5. The molecule has 2 rings (SSSR count). The van der Waals surface area contributed by atoms with Crippen molar-refractivity contribution in [3.8, 4) is 0 Å². The zero-order chi connectivity index (χ0) is 14.5. The number of hydrogen-bond donors (Lipinski definition) is 1. The Hall–Kier alpha value is -1.01. The van der Waals surface area contributed by atoms with Crippen molar-refractivity contribution < 1.29 is 0 Å². The molecule has 5 nitrogen and oxygen atoms in total. The van der Waals surface area contributed by atoms with E-state index in [1.807, 2.05) is 11.8 Å². The molecule has 1 aromatic rings. The van der Waals surface area contributed by atoms with Gasteiger partial charge >= 0.3 is 0 Å². The zero-order valence-electron chi connectivity index (χ0n) is 12.6. The van der Waals surface area contributed by atoms with Crippen LogP contribution in [-0.2, 0) is 5.75 Å². The van der Waals surface area contributed by atoms with Gasteiger partial charge in [0.25, 0.3) is 5.56 Å². The monoisotopic (exact) mass is 296 g/mol. The Bertz CT molecular complexity index is 480. The number of rotatable bonds is 5. The summed E-state index contributed by atoms with van der Waals surface area (Å²) < 4.78 is 0. The number of likely N-dealkylation sites (N-methyl/N-ethyl adjacent to an activating group) is 1. The molecule has 0 bridgehead atoms. The second kappa shape index (κ2) is 7.13. The first-order chi connectivity index (χ1) is 9.58. The van der Waals surface area contributed by atoms with E-state index in [4.69, 9.17) is 0 Å². The van der Waals surface area contributed by atoms with Gasteiger partial charge in [0, 0.05) is 38.0 Å². The Kier molecular flexibility index (Phi) is 5.48. The zero-order valence-corrected chi connectivity index (χ0v) is 13.4. The van der Waals surface area contributed by atoms with Crippen molar-refractivity contribution in [2.75, 3.05) is 37.6 Å². The minimum absolute atomic E-state index is 0.0488. The molecular formula is C14H24N4OS. The number of aromatic amines is 1. The van der Waals surface area contributed by atoms with Crippen LogP contribution in [0.5, 0.6) is 0 Å². The smallest absolute Gasteiger partial charge is 0.252 e. The van der Waals surface area contributed by atoms with Crippen molar-refractivity contribution in [2.24, 2.45) is 0 Å². The van der Waals surface area contributed by atoms with Gasteiger partial charge in [0.15, 0.2) is 0 Å². The minimum Gasteiger partial charge on any atom is -0.340 e. The van der Waals surface area contributed by atoms with Crippen LogP contribution < -0.4 is 10.5 Å². The lowest BCUT2D eigenvalue weighted by atomic mass is 10.3. The van der Waals surface area contributed by atoms with Gasteiger partial charge in [-0.15, -0.1) is 0 Å². The van der Waals surface area contributed by atoms with Gasteiger partial charge < -0.3 is 9.80 Å². The highest BCUT2D eigenvalue weighted by Gasteiger charge is 2.18. The third kappa shape index (κ3) is 4.24. The largest absolute Gasteiger partial charge is 0.340 e. The van der Waals surface area contributed by atoms with Gasteiger partial charge in [0.1, 0.15) is 0 Å². The summed E-state index contributed by atoms with van der Waals surface area (Å²) in [4.78, 5) is 23.8. The molecular weight excluding hydrogens is 272 g/mol. The van der Waals surface area contributed by atoms with Crippen molar-refractivity contribution in [3.05, 3.63) is 22.1 Å². The molecule has 0 spiro atoms. The third-order valence-corrected chi connectivity index (χ3v) is 4.59. The normalized spacial score (nSPS) is 16.9. The first-order valence-corrected chi connectivity index (χ1v) is 8.32. The maximum absolute atomic E-state index is 11.8. The molecule has 0 amide bonds. The van der Waals surface area contributed by atoms with E-state index in [-0.39, 0.29) is 5.56 Å². The molecule has 1 aliphatic heterocycles. The lowest BCUT2D eigenvalue weighted by molar-refractivity contribution is 0.270. The topological polar surface area (TPSA) is 52.2 Å². The van der Waals surface area contributed by atoms with E-state index in [1.54, 1.807) is 6.07 Å². The van der Waals surface area contributed by atoms with Crippen molar-refractivity contribution in [2.45, 2.75) is 31.8 Å². The summed E-state index contributed by atoms with van der Waals surface area (Å²) in [5, 5.41) is 0.549.